The van der Waals surface area contributed by atoms with Gasteiger partial charge in [0, 0.05) is 12.0 Å². The standard InChI is InChI=1S/C16H19O7P/c17-12-5-1-3-11(9-12)4-2-8-16(19,20)14-7-6-13(18)10-15(14)24(21,22)23/h1,3,5-7,9-10,17-20H,2,4,8H2,(H2,21,22,23). The van der Waals surface area contributed by atoms with Crippen LogP contribution >= 0.6 is 7.60 Å². The van der Waals surface area contributed by atoms with Crippen molar-refractivity contribution in [2.75, 3.05) is 0 Å². The fraction of sp³-hybridized carbons (Fsp3) is 0.250. The lowest BCUT2D eigenvalue weighted by Gasteiger charge is -2.25. The van der Waals surface area contributed by atoms with E-state index in [4.69, 9.17) is 0 Å². The lowest BCUT2D eigenvalue weighted by Crippen LogP contribution is -2.31. The Kier molecular flexibility index (Phi) is 5.32. The van der Waals surface area contributed by atoms with Crippen LogP contribution in [0.15, 0.2) is 42.5 Å². The van der Waals surface area contributed by atoms with Crippen LogP contribution in [0.1, 0.15) is 24.0 Å². The van der Waals surface area contributed by atoms with E-state index < -0.39 is 18.7 Å². The molecule has 0 heterocycles. The lowest BCUT2D eigenvalue weighted by molar-refractivity contribution is -0.174. The van der Waals surface area contributed by atoms with E-state index in [9.17, 15) is 34.8 Å². The Morgan fingerprint density at radius 1 is 0.958 bits per heavy atom. The van der Waals surface area contributed by atoms with Crippen LogP contribution in [0.5, 0.6) is 11.5 Å². The summed E-state index contributed by atoms with van der Waals surface area (Å²) in [5, 5.41) is 38.6. The van der Waals surface area contributed by atoms with Crippen molar-refractivity contribution in [2.45, 2.75) is 25.0 Å². The number of phenolic OH excluding ortho intramolecular Hbond substituents is 2. The SMILES string of the molecule is O=P(O)(O)c1cc(O)ccc1C(O)(O)CCCc1cccc(O)c1. The summed E-state index contributed by atoms with van der Waals surface area (Å²) < 4.78 is 11.5. The number of phenols is 2. The molecule has 0 bridgehead atoms. The number of aliphatic hydroxyl groups is 2. The fourth-order valence-electron chi connectivity index (χ4n) is 2.49. The fourth-order valence-corrected chi connectivity index (χ4v) is 3.35. The van der Waals surface area contributed by atoms with E-state index in [0.29, 0.717) is 12.8 Å². The van der Waals surface area contributed by atoms with Gasteiger partial charge in [-0.05, 0) is 48.7 Å². The third-order valence-corrected chi connectivity index (χ3v) is 4.63. The second kappa shape index (κ2) is 6.93. The van der Waals surface area contributed by atoms with Gasteiger partial charge in [0.2, 0.25) is 0 Å². The van der Waals surface area contributed by atoms with Gasteiger partial charge in [0.05, 0.1) is 5.30 Å². The molecule has 0 saturated carbocycles. The van der Waals surface area contributed by atoms with Gasteiger partial charge in [-0.15, -0.1) is 0 Å². The van der Waals surface area contributed by atoms with Gasteiger partial charge >= 0.3 is 7.60 Å². The molecule has 130 valence electrons. The van der Waals surface area contributed by atoms with Crippen LogP contribution < -0.4 is 5.30 Å². The van der Waals surface area contributed by atoms with Gasteiger partial charge < -0.3 is 30.2 Å². The average molecular weight is 354 g/mol. The summed E-state index contributed by atoms with van der Waals surface area (Å²) in [4.78, 5) is 18.7. The third kappa shape index (κ3) is 4.56. The summed E-state index contributed by atoms with van der Waals surface area (Å²) in [5.74, 6) is -2.73. The molecule has 2 aromatic carbocycles. The molecule has 8 heteroatoms. The summed E-state index contributed by atoms with van der Waals surface area (Å²) >= 11 is 0. The second-order valence-electron chi connectivity index (χ2n) is 5.59. The van der Waals surface area contributed by atoms with Crippen LogP contribution in [0.3, 0.4) is 0 Å². The smallest absolute Gasteiger partial charge is 0.356 e. The van der Waals surface area contributed by atoms with Gasteiger partial charge in [0.1, 0.15) is 11.5 Å². The van der Waals surface area contributed by atoms with Crippen LogP contribution in [0.4, 0.5) is 0 Å². The monoisotopic (exact) mass is 354 g/mol. The van der Waals surface area contributed by atoms with Crippen LogP contribution in [0.25, 0.3) is 0 Å². The number of aryl methyl sites for hydroxylation is 1. The molecule has 0 amide bonds. The first-order chi connectivity index (χ1) is 11.1. The van der Waals surface area contributed by atoms with Crippen LogP contribution in [-0.2, 0) is 16.8 Å². The number of rotatable bonds is 6. The molecular weight excluding hydrogens is 335 g/mol. The van der Waals surface area contributed by atoms with E-state index in [1.54, 1.807) is 18.2 Å². The number of hydrogen-bond acceptors (Lipinski definition) is 5. The van der Waals surface area contributed by atoms with Gasteiger partial charge in [0.15, 0.2) is 5.79 Å². The Morgan fingerprint density at radius 3 is 2.25 bits per heavy atom. The summed E-state index contributed by atoms with van der Waals surface area (Å²) in [6, 6.07) is 9.56. The lowest BCUT2D eigenvalue weighted by atomic mass is 9.98. The van der Waals surface area contributed by atoms with Crippen LogP contribution in [0.2, 0.25) is 0 Å². The molecule has 2 aromatic rings. The molecule has 0 aromatic heterocycles. The van der Waals surface area contributed by atoms with Crippen LogP contribution in [-0.4, -0.2) is 30.2 Å². The maximum atomic E-state index is 11.5. The van der Waals surface area contributed by atoms with Crippen molar-refractivity contribution in [3.05, 3.63) is 53.6 Å². The maximum Gasteiger partial charge on any atom is 0.356 e. The predicted octanol–water partition coefficient (Wildman–Crippen LogP) is 1.06. The molecule has 24 heavy (non-hydrogen) atoms. The van der Waals surface area contributed by atoms with Crippen molar-refractivity contribution in [1.29, 1.82) is 0 Å². The zero-order valence-electron chi connectivity index (χ0n) is 12.7. The quantitative estimate of drug-likeness (QED) is 0.337. The Bertz CT molecular complexity index is 767. The summed E-state index contributed by atoms with van der Waals surface area (Å²) in [6.07, 6.45) is 0.568. The molecule has 0 saturated heterocycles. The first-order valence-corrected chi connectivity index (χ1v) is 8.83. The minimum atomic E-state index is -4.79. The molecule has 0 aliphatic carbocycles. The van der Waals surface area contributed by atoms with E-state index in [1.165, 1.54) is 6.07 Å². The van der Waals surface area contributed by atoms with E-state index in [0.717, 1.165) is 23.8 Å². The molecule has 0 aliphatic heterocycles. The van der Waals surface area contributed by atoms with E-state index in [1.807, 2.05) is 0 Å². The normalized spacial score (nSPS) is 12.3. The highest BCUT2D eigenvalue weighted by Gasteiger charge is 2.34. The Balaban J connectivity index is 2.17. The summed E-state index contributed by atoms with van der Waals surface area (Å²) in [7, 11) is -4.79. The zero-order valence-corrected chi connectivity index (χ0v) is 13.6. The molecule has 0 spiro atoms. The van der Waals surface area contributed by atoms with Crippen molar-refractivity contribution in [2.24, 2.45) is 0 Å². The van der Waals surface area contributed by atoms with E-state index >= 15 is 0 Å². The first-order valence-electron chi connectivity index (χ1n) is 7.22. The summed E-state index contributed by atoms with van der Waals surface area (Å²) in [5.41, 5.74) is 0.455. The van der Waals surface area contributed by atoms with Gasteiger partial charge in [-0.1, -0.05) is 12.1 Å². The third-order valence-electron chi connectivity index (χ3n) is 3.63. The Morgan fingerprint density at radius 2 is 1.62 bits per heavy atom. The predicted molar refractivity (Wildman–Crippen MR) is 86.9 cm³/mol. The van der Waals surface area contributed by atoms with Crippen molar-refractivity contribution in [3.63, 3.8) is 0 Å². The minimum absolute atomic E-state index is 0.106. The number of benzene rings is 2. The van der Waals surface area contributed by atoms with Gasteiger partial charge in [-0.2, -0.15) is 0 Å². The highest BCUT2D eigenvalue weighted by molar-refractivity contribution is 7.60. The molecule has 0 aliphatic rings. The van der Waals surface area contributed by atoms with E-state index in [2.05, 4.69) is 0 Å². The van der Waals surface area contributed by atoms with Gasteiger partial charge in [0.25, 0.3) is 0 Å². The molecule has 2 rings (SSSR count). The van der Waals surface area contributed by atoms with Crippen LogP contribution in [0, 0.1) is 0 Å². The molecule has 0 unspecified atom stereocenters. The maximum absolute atomic E-state index is 11.5. The van der Waals surface area contributed by atoms with Crippen molar-refractivity contribution >= 4 is 12.9 Å². The second-order valence-corrected chi connectivity index (χ2v) is 7.16. The Hall–Kier alpha value is -1.89. The number of aromatic hydroxyl groups is 2. The van der Waals surface area contributed by atoms with Crippen molar-refractivity contribution in [1.82, 2.24) is 0 Å². The summed E-state index contributed by atoms with van der Waals surface area (Å²) in [6.45, 7) is 0. The van der Waals surface area contributed by atoms with Gasteiger partial charge in [-0.3, -0.25) is 4.57 Å². The topological polar surface area (TPSA) is 138 Å². The molecule has 0 fully saturated rings. The number of hydrogen-bond donors (Lipinski definition) is 6. The van der Waals surface area contributed by atoms with Crippen molar-refractivity contribution < 1.29 is 34.8 Å². The first kappa shape index (κ1) is 18.4. The largest absolute Gasteiger partial charge is 0.508 e. The molecular formula is C16H19O7P. The van der Waals surface area contributed by atoms with E-state index in [-0.39, 0.29) is 23.5 Å². The zero-order chi connectivity index (χ0) is 18.0. The molecule has 0 radical (unpaired) electrons. The van der Waals surface area contributed by atoms with Gasteiger partial charge in [-0.25, -0.2) is 0 Å². The Labute approximate surface area is 138 Å². The molecule has 6 N–H and O–H groups in total. The molecule has 7 nitrogen and oxygen atoms in total. The minimum Gasteiger partial charge on any atom is -0.508 e. The highest BCUT2D eigenvalue weighted by Crippen LogP contribution is 2.39. The average Bonchev–Trinajstić information content (AvgIpc) is 2.46. The van der Waals surface area contributed by atoms with Crippen molar-refractivity contribution in [3.8, 4) is 11.5 Å². The highest BCUT2D eigenvalue weighted by atomic mass is 31.2. The molecule has 0 atom stereocenters.